The van der Waals surface area contributed by atoms with Gasteiger partial charge in [-0.05, 0) is 50.7 Å². The van der Waals surface area contributed by atoms with E-state index in [0.29, 0.717) is 0 Å². The van der Waals surface area contributed by atoms with Gasteiger partial charge >= 0.3 is 0 Å². The zero-order valence-electron chi connectivity index (χ0n) is 11.2. The molecule has 0 spiro atoms. The lowest BCUT2D eigenvalue weighted by atomic mass is 9.87. The van der Waals surface area contributed by atoms with Crippen molar-refractivity contribution < 1.29 is 0 Å². The first-order valence-electron chi connectivity index (χ1n) is 7.43. The lowest BCUT2D eigenvalue weighted by Crippen LogP contribution is -2.31. The molecule has 0 unspecified atom stereocenters. The molecule has 0 amide bonds. The number of hydrogen-bond donors (Lipinski definition) is 0. The second-order valence-corrected chi connectivity index (χ2v) is 5.59. The molecule has 1 saturated heterocycles. The minimum Gasteiger partial charge on any atom is -0.371 e. The van der Waals surface area contributed by atoms with Crippen molar-refractivity contribution in [1.29, 1.82) is 0 Å². The number of allylic oxidation sites excluding steroid dienone is 1. The summed E-state index contributed by atoms with van der Waals surface area (Å²) >= 11 is 0. The summed E-state index contributed by atoms with van der Waals surface area (Å²) in [4.78, 5) is 2.53. The molecule has 2 fully saturated rings. The highest BCUT2D eigenvalue weighted by atomic mass is 15.1. The largest absolute Gasteiger partial charge is 0.371 e. The van der Waals surface area contributed by atoms with E-state index in [2.05, 4.69) is 35.2 Å². The summed E-state index contributed by atoms with van der Waals surface area (Å²) in [7, 11) is 0. The van der Waals surface area contributed by atoms with Gasteiger partial charge in [-0.1, -0.05) is 35.8 Å². The smallest absolute Gasteiger partial charge is 0.0366 e. The Labute approximate surface area is 111 Å². The van der Waals surface area contributed by atoms with Gasteiger partial charge in [-0.2, -0.15) is 0 Å². The molecule has 1 nitrogen and oxygen atoms in total. The molecule has 0 atom stereocenters. The summed E-state index contributed by atoms with van der Waals surface area (Å²) in [6.07, 6.45) is 9.69. The summed E-state index contributed by atoms with van der Waals surface area (Å²) in [5.41, 5.74) is 5.00. The Bertz CT molecular complexity index is 400. The highest BCUT2D eigenvalue weighted by molar-refractivity contribution is 5.47. The second kappa shape index (κ2) is 5.60. The lowest BCUT2D eigenvalue weighted by molar-refractivity contribution is 0.573. The molecule has 1 aliphatic carbocycles. The fourth-order valence-electron chi connectivity index (χ4n) is 3.36. The minimum atomic E-state index is 1.21. The molecule has 1 heterocycles. The lowest BCUT2D eigenvalue weighted by Gasteiger charge is -2.32. The van der Waals surface area contributed by atoms with E-state index in [1.165, 1.54) is 63.7 Å². The molecule has 1 aliphatic heterocycles. The van der Waals surface area contributed by atoms with Gasteiger partial charge in [0.15, 0.2) is 0 Å². The summed E-state index contributed by atoms with van der Waals surface area (Å²) in [6.45, 7) is 2.42. The molecule has 96 valence electrons. The Balaban J connectivity index is 1.64. The monoisotopic (exact) mass is 241 g/mol. The Morgan fingerprint density at radius 3 is 1.94 bits per heavy atom. The minimum absolute atomic E-state index is 1.21. The second-order valence-electron chi connectivity index (χ2n) is 5.59. The number of nitrogens with zero attached hydrogens (tertiary/aromatic N) is 1. The van der Waals surface area contributed by atoms with Crippen molar-refractivity contribution in [3.05, 3.63) is 41.5 Å². The molecule has 0 bridgehead atoms. The fourth-order valence-corrected chi connectivity index (χ4v) is 3.36. The maximum absolute atomic E-state index is 2.53. The highest BCUT2D eigenvalue weighted by Crippen LogP contribution is 2.31. The van der Waals surface area contributed by atoms with Crippen LogP contribution >= 0.6 is 0 Å². The third-order valence-corrected chi connectivity index (χ3v) is 4.45. The Morgan fingerprint density at radius 1 is 0.667 bits per heavy atom. The highest BCUT2D eigenvalue weighted by Gasteiger charge is 2.18. The van der Waals surface area contributed by atoms with Gasteiger partial charge in [0.2, 0.25) is 0 Å². The third kappa shape index (κ3) is 2.60. The molecule has 3 rings (SSSR count). The van der Waals surface area contributed by atoms with Gasteiger partial charge < -0.3 is 4.90 Å². The standard InChI is InChI=1S/C17H23N/c1-3-7-15(8-4-1)16-11-13-18(14-12-16)17-9-5-2-6-10-17/h2,5-6,9-10H,1,3-4,7-8,11-14H2. The normalized spacial score (nSPS) is 21.2. The fraction of sp³-hybridized carbons (Fsp3) is 0.529. The predicted molar refractivity (Wildman–Crippen MR) is 78.0 cm³/mol. The molecule has 18 heavy (non-hydrogen) atoms. The predicted octanol–water partition coefficient (Wildman–Crippen LogP) is 4.55. The first-order valence-corrected chi connectivity index (χ1v) is 7.43. The van der Waals surface area contributed by atoms with Gasteiger partial charge in [0.1, 0.15) is 0 Å². The molecular formula is C17H23N. The molecule has 1 aromatic rings. The molecule has 2 aliphatic rings. The van der Waals surface area contributed by atoms with E-state index in [0.717, 1.165) is 0 Å². The topological polar surface area (TPSA) is 3.24 Å². The Morgan fingerprint density at radius 2 is 1.28 bits per heavy atom. The molecule has 0 radical (unpaired) electrons. The first kappa shape index (κ1) is 11.8. The first-order chi connectivity index (χ1) is 8.93. The SMILES string of the molecule is c1ccc(N2CCC(=C3CCCCC3)CC2)cc1. The average molecular weight is 241 g/mol. The number of benzene rings is 1. The van der Waals surface area contributed by atoms with Crippen LogP contribution in [0.15, 0.2) is 41.5 Å². The van der Waals surface area contributed by atoms with Crippen LogP contribution in [0.4, 0.5) is 5.69 Å². The van der Waals surface area contributed by atoms with Crippen molar-refractivity contribution in [3.8, 4) is 0 Å². The van der Waals surface area contributed by atoms with E-state index in [-0.39, 0.29) is 0 Å². The number of hydrogen-bond acceptors (Lipinski definition) is 1. The van der Waals surface area contributed by atoms with Crippen LogP contribution in [0.25, 0.3) is 0 Å². The van der Waals surface area contributed by atoms with E-state index < -0.39 is 0 Å². The Hall–Kier alpha value is -1.24. The summed E-state index contributed by atoms with van der Waals surface area (Å²) in [5.74, 6) is 0. The van der Waals surface area contributed by atoms with Crippen molar-refractivity contribution in [2.45, 2.75) is 44.9 Å². The van der Waals surface area contributed by atoms with E-state index in [9.17, 15) is 0 Å². The average Bonchev–Trinajstić information content (AvgIpc) is 2.49. The van der Waals surface area contributed by atoms with Crippen LogP contribution in [-0.4, -0.2) is 13.1 Å². The maximum Gasteiger partial charge on any atom is 0.0366 e. The summed E-state index contributed by atoms with van der Waals surface area (Å²) in [6, 6.07) is 10.9. The van der Waals surface area contributed by atoms with Crippen molar-refractivity contribution >= 4 is 5.69 Å². The summed E-state index contributed by atoms with van der Waals surface area (Å²) < 4.78 is 0. The maximum atomic E-state index is 2.53. The van der Waals surface area contributed by atoms with Crippen LogP contribution in [-0.2, 0) is 0 Å². The number of para-hydroxylation sites is 1. The summed E-state index contributed by atoms with van der Waals surface area (Å²) in [5, 5.41) is 0. The van der Waals surface area contributed by atoms with Gasteiger partial charge in [-0.3, -0.25) is 0 Å². The molecule has 1 aromatic carbocycles. The number of piperidine rings is 1. The van der Waals surface area contributed by atoms with Crippen molar-refractivity contribution in [1.82, 2.24) is 0 Å². The third-order valence-electron chi connectivity index (χ3n) is 4.45. The van der Waals surface area contributed by atoms with E-state index in [4.69, 9.17) is 0 Å². The van der Waals surface area contributed by atoms with Crippen LogP contribution in [0.2, 0.25) is 0 Å². The van der Waals surface area contributed by atoms with E-state index >= 15 is 0 Å². The van der Waals surface area contributed by atoms with Gasteiger partial charge in [-0.25, -0.2) is 0 Å². The van der Waals surface area contributed by atoms with Crippen LogP contribution in [0.3, 0.4) is 0 Å². The molecule has 1 heteroatoms. The van der Waals surface area contributed by atoms with Gasteiger partial charge in [0.05, 0.1) is 0 Å². The van der Waals surface area contributed by atoms with Crippen LogP contribution in [0, 0.1) is 0 Å². The van der Waals surface area contributed by atoms with Crippen LogP contribution in [0.5, 0.6) is 0 Å². The Kier molecular flexibility index (Phi) is 3.68. The molecule has 0 N–H and O–H groups in total. The van der Waals surface area contributed by atoms with Crippen LogP contribution < -0.4 is 4.90 Å². The molecular weight excluding hydrogens is 218 g/mol. The number of anilines is 1. The van der Waals surface area contributed by atoms with E-state index in [1.807, 2.05) is 5.57 Å². The van der Waals surface area contributed by atoms with Crippen molar-refractivity contribution in [3.63, 3.8) is 0 Å². The molecule has 0 aromatic heterocycles. The van der Waals surface area contributed by atoms with Crippen molar-refractivity contribution in [2.75, 3.05) is 18.0 Å². The van der Waals surface area contributed by atoms with Crippen LogP contribution in [0.1, 0.15) is 44.9 Å². The number of rotatable bonds is 1. The van der Waals surface area contributed by atoms with Gasteiger partial charge in [-0.15, -0.1) is 0 Å². The van der Waals surface area contributed by atoms with Gasteiger partial charge in [0, 0.05) is 18.8 Å². The van der Waals surface area contributed by atoms with Gasteiger partial charge in [0.25, 0.3) is 0 Å². The zero-order valence-corrected chi connectivity index (χ0v) is 11.2. The van der Waals surface area contributed by atoms with E-state index in [1.54, 1.807) is 5.57 Å². The molecule has 1 saturated carbocycles. The quantitative estimate of drug-likeness (QED) is 0.652. The zero-order chi connectivity index (χ0) is 12.2. The van der Waals surface area contributed by atoms with Crippen molar-refractivity contribution in [2.24, 2.45) is 0 Å².